The van der Waals surface area contributed by atoms with Gasteiger partial charge < -0.3 is 10.1 Å². The van der Waals surface area contributed by atoms with Gasteiger partial charge in [-0.25, -0.2) is 4.39 Å². The van der Waals surface area contributed by atoms with Crippen LogP contribution < -0.4 is 10.1 Å². The Morgan fingerprint density at radius 3 is 2.60 bits per heavy atom. The average molecular weight is 279 g/mol. The van der Waals surface area contributed by atoms with Crippen molar-refractivity contribution < 1.29 is 9.13 Å². The minimum atomic E-state index is -0.267. The van der Waals surface area contributed by atoms with Crippen LogP contribution in [0.1, 0.15) is 45.1 Å². The molecule has 0 spiro atoms. The molecule has 1 aliphatic carbocycles. The van der Waals surface area contributed by atoms with E-state index in [1.807, 2.05) is 6.07 Å². The molecule has 0 saturated heterocycles. The van der Waals surface area contributed by atoms with Gasteiger partial charge in [0.15, 0.2) is 11.6 Å². The van der Waals surface area contributed by atoms with Gasteiger partial charge in [-0.3, -0.25) is 0 Å². The van der Waals surface area contributed by atoms with Gasteiger partial charge in [-0.1, -0.05) is 32.8 Å². The number of nitrogens with one attached hydrogen (secondary N) is 1. The fourth-order valence-electron chi connectivity index (χ4n) is 3.42. The first kappa shape index (κ1) is 15.3. The molecule has 1 saturated carbocycles. The summed E-state index contributed by atoms with van der Waals surface area (Å²) >= 11 is 0. The molecule has 1 fully saturated rings. The Hall–Kier alpha value is -1.09. The van der Waals surface area contributed by atoms with Crippen molar-refractivity contribution in [3.63, 3.8) is 0 Å². The second kappa shape index (κ2) is 6.57. The molecule has 1 aromatic rings. The predicted octanol–water partition coefficient (Wildman–Crippen LogP) is 3.94. The van der Waals surface area contributed by atoms with Crippen LogP contribution in [0.15, 0.2) is 18.2 Å². The van der Waals surface area contributed by atoms with Crippen LogP contribution in [0.25, 0.3) is 0 Å². The highest BCUT2D eigenvalue weighted by molar-refractivity contribution is 5.30. The Bertz CT molecular complexity index is 441. The molecule has 0 amide bonds. The molecule has 0 bridgehead atoms. The third-order valence-electron chi connectivity index (χ3n) is 4.69. The van der Waals surface area contributed by atoms with E-state index in [0.717, 1.165) is 18.5 Å². The molecule has 1 N–H and O–H groups in total. The summed E-state index contributed by atoms with van der Waals surface area (Å²) in [4.78, 5) is 0. The summed E-state index contributed by atoms with van der Waals surface area (Å²) in [5.74, 6) is 0.0534. The minimum Gasteiger partial charge on any atom is -0.494 e. The number of halogens is 1. The standard InChI is InChI=1S/C17H26FNO/c1-4-19-16(17(2)9-5-6-10-17)12-13-7-8-15(20-3)14(18)11-13/h7-8,11,16,19H,4-6,9-10,12H2,1-3H3. The van der Waals surface area contributed by atoms with Crippen molar-refractivity contribution in [1.29, 1.82) is 0 Å². The van der Waals surface area contributed by atoms with Crippen LogP contribution in [0, 0.1) is 11.2 Å². The van der Waals surface area contributed by atoms with Gasteiger partial charge in [-0.2, -0.15) is 0 Å². The first-order chi connectivity index (χ1) is 9.59. The molecule has 1 aromatic carbocycles. The van der Waals surface area contributed by atoms with E-state index in [9.17, 15) is 4.39 Å². The smallest absolute Gasteiger partial charge is 0.165 e. The summed E-state index contributed by atoms with van der Waals surface area (Å²) in [5, 5.41) is 3.61. The second-order valence-corrected chi connectivity index (χ2v) is 6.14. The van der Waals surface area contributed by atoms with Crippen LogP contribution in [0.5, 0.6) is 5.75 Å². The maximum absolute atomic E-state index is 13.8. The molecular weight excluding hydrogens is 253 g/mol. The largest absolute Gasteiger partial charge is 0.494 e. The Morgan fingerprint density at radius 1 is 1.35 bits per heavy atom. The molecule has 1 aliphatic rings. The Balaban J connectivity index is 2.13. The number of ether oxygens (including phenoxy) is 1. The van der Waals surface area contributed by atoms with Gasteiger partial charge in [0.2, 0.25) is 0 Å². The van der Waals surface area contributed by atoms with Gasteiger partial charge in [0, 0.05) is 6.04 Å². The van der Waals surface area contributed by atoms with Crippen molar-refractivity contribution in [2.45, 2.75) is 52.0 Å². The van der Waals surface area contributed by atoms with E-state index in [0.29, 0.717) is 17.2 Å². The van der Waals surface area contributed by atoms with Gasteiger partial charge >= 0.3 is 0 Å². The predicted molar refractivity (Wildman–Crippen MR) is 80.7 cm³/mol. The minimum absolute atomic E-state index is 0.267. The lowest BCUT2D eigenvalue weighted by Crippen LogP contribution is -2.43. The van der Waals surface area contributed by atoms with Crippen LogP contribution in [-0.4, -0.2) is 19.7 Å². The van der Waals surface area contributed by atoms with Crippen molar-refractivity contribution in [2.75, 3.05) is 13.7 Å². The normalized spacial score (nSPS) is 19.0. The monoisotopic (exact) mass is 279 g/mol. The van der Waals surface area contributed by atoms with Crippen LogP contribution in [0.3, 0.4) is 0 Å². The van der Waals surface area contributed by atoms with Crippen LogP contribution in [-0.2, 0) is 6.42 Å². The maximum atomic E-state index is 13.8. The molecule has 20 heavy (non-hydrogen) atoms. The zero-order valence-electron chi connectivity index (χ0n) is 12.8. The lowest BCUT2D eigenvalue weighted by Gasteiger charge is -2.35. The van der Waals surface area contributed by atoms with E-state index >= 15 is 0 Å². The first-order valence-electron chi connectivity index (χ1n) is 7.65. The molecule has 1 atom stereocenters. The number of hydrogen-bond acceptors (Lipinski definition) is 2. The van der Waals surface area contributed by atoms with Crippen molar-refractivity contribution in [3.8, 4) is 5.75 Å². The summed E-state index contributed by atoms with van der Waals surface area (Å²) in [6.45, 7) is 5.46. The molecule has 2 nitrogen and oxygen atoms in total. The van der Waals surface area contributed by atoms with Gasteiger partial charge in [-0.05, 0) is 48.9 Å². The van der Waals surface area contributed by atoms with Gasteiger partial charge in [0.1, 0.15) is 0 Å². The van der Waals surface area contributed by atoms with Gasteiger partial charge in [-0.15, -0.1) is 0 Å². The molecule has 0 radical (unpaired) electrons. The van der Waals surface area contributed by atoms with Crippen molar-refractivity contribution in [2.24, 2.45) is 5.41 Å². The average Bonchev–Trinajstić information content (AvgIpc) is 2.87. The summed E-state index contributed by atoms with van der Waals surface area (Å²) in [7, 11) is 1.50. The third kappa shape index (κ3) is 3.32. The highest BCUT2D eigenvalue weighted by atomic mass is 19.1. The Kier molecular flexibility index (Phi) is 5.03. The molecular formula is C17H26FNO. The molecule has 112 valence electrons. The van der Waals surface area contributed by atoms with Gasteiger partial charge in [0.05, 0.1) is 7.11 Å². The number of likely N-dealkylation sites (N-methyl/N-ethyl adjacent to an activating group) is 1. The number of benzene rings is 1. The Labute approximate surface area is 121 Å². The van der Waals surface area contributed by atoms with Gasteiger partial charge in [0.25, 0.3) is 0 Å². The number of hydrogen-bond donors (Lipinski definition) is 1. The topological polar surface area (TPSA) is 21.3 Å². The molecule has 0 aliphatic heterocycles. The summed E-state index contributed by atoms with van der Waals surface area (Å²) < 4.78 is 18.8. The lowest BCUT2D eigenvalue weighted by atomic mass is 9.78. The number of rotatable bonds is 6. The molecule has 3 heteroatoms. The van der Waals surface area contributed by atoms with Crippen molar-refractivity contribution in [3.05, 3.63) is 29.6 Å². The highest BCUT2D eigenvalue weighted by Gasteiger charge is 2.36. The van der Waals surface area contributed by atoms with Crippen LogP contribution in [0.4, 0.5) is 4.39 Å². The maximum Gasteiger partial charge on any atom is 0.165 e. The molecule has 0 heterocycles. The van der Waals surface area contributed by atoms with E-state index in [1.165, 1.54) is 32.8 Å². The van der Waals surface area contributed by atoms with E-state index in [-0.39, 0.29) is 5.82 Å². The van der Waals surface area contributed by atoms with Crippen LogP contribution in [0.2, 0.25) is 0 Å². The second-order valence-electron chi connectivity index (χ2n) is 6.14. The summed E-state index contributed by atoms with van der Waals surface area (Å²) in [5.41, 5.74) is 1.38. The fourth-order valence-corrected chi connectivity index (χ4v) is 3.42. The van der Waals surface area contributed by atoms with Crippen molar-refractivity contribution in [1.82, 2.24) is 5.32 Å². The highest BCUT2D eigenvalue weighted by Crippen LogP contribution is 2.41. The van der Waals surface area contributed by atoms with E-state index in [1.54, 1.807) is 12.1 Å². The fraction of sp³-hybridized carbons (Fsp3) is 0.647. The van der Waals surface area contributed by atoms with Crippen LogP contribution >= 0.6 is 0 Å². The van der Waals surface area contributed by atoms with Crippen molar-refractivity contribution >= 4 is 0 Å². The van der Waals surface area contributed by atoms with E-state index in [4.69, 9.17) is 4.74 Å². The van der Waals surface area contributed by atoms with E-state index < -0.39 is 0 Å². The van der Waals surface area contributed by atoms with E-state index in [2.05, 4.69) is 19.2 Å². The quantitative estimate of drug-likeness (QED) is 0.851. The molecule has 0 aromatic heterocycles. The summed E-state index contributed by atoms with van der Waals surface area (Å²) in [6, 6.07) is 5.74. The summed E-state index contributed by atoms with van der Waals surface area (Å²) in [6.07, 6.45) is 6.04. The molecule has 1 unspecified atom stereocenters. The zero-order chi connectivity index (χ0) is 14.6. The third-order valence-corrected chi connectivity index (χ3v) is 4.69. The molecule has 2 rings (SSSR count). The zero-order valence-corrected chi connectivity index (χ0v) is 12.8. The SMILES string of the molecule is CCNC(Cc1ccc(OC)c(F)c1)C1(C)CCCC1. The Morgan fingerprint density at radius 2 is 2.05 bits per heavy atom. The lowest BCUT2D eigenvalue weighted by molar-refractivity contribution is 0.222. The number of methoxy groups -OCH3 is 1. The first-order valence-corrected chi connectivity index (χ1v) is 7.65.